The number of halogens is 6. The summed E-state index contributed by atoms with van der Waals surface area (Å²) in [5.74, 6) is -2.13. The van der Waals surface area contributed by atoms with Gasteiger partial charge in [0, 0.05) is 11.3 Å². The Kier molecular flexibility index (Phi) is 6.63. The predicted molar refractivity (Wildman–Crippen MR) is 127 cm³/mol. The Hall–Kier alpha value is -4.07. The number of carbonyl (C=O) groups is 1. The minimum Gasteiger partial charge on any atom is -0.318 e. The lowest BCUT2D eigenvalue weighted by Crippen LogP contribution is -2.30. The van der Waals surface area contributed by atoms with Gasteiger partial charge in [-0.2, -0.15) is 26.3 Å². The Labute approximate surface area is 203 Å². The van der Waals surface area contributed by atoms with Crippen LogP contribution in [0.25, 0.3) is 33.4 Å². The predicted octanol–water partition coefficient (Wildman–Crippen LogP) is 8.52. The van der Waals surface area contributed by atoms with Crippen LogP contribution in [0.4, 0.5) is 32.0 Å². The molecule has 0 bridgehead atoms. The number of amides is 1. The molecule has 184 valence electrons. The summed E-state index contributed by atoms with van der Waals surface area (Å²) in [7, 11) is 0. The molecule has 2 nitrogen and oxygen atoms in total. The van der Waals surface area contributed by atoms with E-state index in [1.807, 2.05) is 5.32 Å². The van der Waals surface area contributed by atoms with Gasteiger partial charge in [-0.15, -0.1) is 0 Å². The third-order valence-electron chi connectivity index (χ3n) is 5.67. The lowest BCUT2D eigenvalue weighted by molar-refractivity contribution is -0.167. The van der Waals surface area contributed by atoms with Crippen LogP contribution < -0.4 is 5.32 Å². The Morgan fingerprint density at radius 1 is 0.667 bits per heavy atom. The average molecular weight is 499 g/mol. The largest absolute Gasteiger partial charge is 0.471 e. The van der Waals surface area contributed by atoms with E-state index in [9.17, 15) is 31.1 Å². The molecule has 0 fully saturated rings. The highest BCUT2D eigenvalue weighted by Gasteiger charge is 2.39. The second kappa shape index (κ2) is 9.53. The zero-order valence-corrected chi connectivity index (χ0v) is 18.8. The molecule has 0 spiro atoms. The maximum atomic E-state index is 13.4. The van der Waals surface area contributed by atoms with Crippen molar-refractivity contribution in [3.8, 4) is 33.4 Å². The van der Waals surface area contributed by atoms with E-state index in [1.54, 1.807) is 67.6 Å². The Bertz CT molecular complexity index is 1410. The molecule has 8 heteroatoms. The van der Waals surface area contributed by atoms with Gasteiger partial charge in [0.2, 0.25) is 0 Å². The molecule has 0 aliphatic rings. The van der Waals surface area contributed by atoms with Crippen LogP contribution >= 0.6 is 0 Å². The summed E-state index contributed by atoms with van der Waals surface area (Å²) in [6.07, 6.45) is -9.65. The van der Waals surface area contributed by atoms with E-state index in [0.717, 1.165) is 12.1 Å². The highest BCUT2D eigenvalue weighted by Crippen LogP contribution is 2.44. The molecule has 4 aromatic rings. The fraction of sp³-hybridized carbons (Fsp3) is 0.107. The maximum Gasteiger partial charge on any atom is 0.471 e. The number of aryl methyl sites for hydroxylation is 1. The smallest absolute Gasteiger partial charge is 0.318 e. The minimum atomic E-state index is -5.10. The number of carbonyl (C=O) groups excluding carboxylic acids is 1. The van der Waals surface area contributed by atoms with Crippen LogP contribution in [0.1, 0.15) is 11.1 Å². The molecular formula is C28H19F6NO. The van der Waals surface area contributed by atoms with Crippen LogP contribution in [0.15, 0.2) is 91.0 Å². The second-order valence-electron chi connectivity index (χ2n) is 8.12. The van der Waals surface area contributed by atoms with Crippen molar-refractivity contribution < 1.29 is 31.1 Å². The van der Waals surface area contributed by atoms with Gasteiger partial charge in [0.25, 0.3) is 0 Å². The van der Waals surface area contributed by atoms with Gasteiger partial charge in [0.1, 0.15) is 0 Å². The van der Waals surface area contributed by atoms with Gasteiger partial charge in [-0.3, -0.25) is 4.79 Å². The Morgan fingerprint density at radius 3 is 1.89 bits per heavy atom. The molecule has 0 heterocycles. The number of alkyl halides is 6. The second-order valence-corrected chi connectivity index (χ2v) is 8.12. The molecule has 4 rings (SSSR count). The quantitative estimate of drug-likeness (QED) is 0.280. The highest BCUT2D eigenvalue weighted by atomic mass is 19.4. The number of nitrogens with one attached hydrogen (secondary N) is 1. The molecule has 0 aliphatic heterocycles. The number of rotatable bonds is 4. The van der Waals surface area contributed by atoms with Crippen molar-refractivity contribution >= 4 is 11.6 Å². The van der Waals surface area contributed by atoms with E-state index in [-0.39, 0.29) is 5.69 Å². The van der Waals surface area contributed by atoms with E-state index >= 15 is 0 Å². The van der Waals surface area contributed by atoms with E-state index in [2.05, 4.69) is 0 Å². The van der Waals surface area contributed by atoms with Crippen LogP contribution in [0.3, 0.4) is 0 Å². The van der Waals surface area contributed by atoms with E-state index in [1.165, 1.54) is 18.2 Å². The summed E-state index contributed by atoms with van der Waals surface area (Å²) in [6.45, 7) is 1.75. The Morgan fingerprint density at radius 2 is 1.25 bits per heavy atom. The van der Waals surface area contributed by atoms with Gasteiger partial charge < -0.3 is 5.32 Å². The summed E-state index contributed by atoms with van der Waals surface area (Å²) in [4.78, 5) is 11.8. The normalized spacial score (nSPS) is 11.9. The highest BCUT2D eigenvalue weighted by molar-refractivity contribution is 6.03. The third-order valence-corrected chi connectivity index (χ3v) is 5.67. The summed E-state index contributed by atoms with van der Waals surface area (Å²) in [5.41, 5.74) is 2.41. The molecule has 1 N–H and O–H groups in total. The fourth-order valence-electron chi connectivity index (χ4n) is 4.12. The van der Waals surface area contributed by atoms with Crippen molar-refractivity contribution in [2.45, 2.75) is 19.3 Å². The molecule has 0 aromatic heterocycles. The fourth-order valence-corrected chi connectivity index (χ4v) is 4.12. The van der Waals surface area contributed by atoms with Gasteiger partial charge in [-0.1, -0.05) is 72.8 Å². The number of hydrogen-bond acceptors (Lipinski definition) is 1. The first-order chi connectivity index (χ1) is 17.0. The average Bonchev–Trinajstić information content (AvgIpc) is 2.83. The van der Waals surface area contributed by atoms with Crippen LogP contribution in [-0.4, -0.2) is 12.1 Å². The monoisotopic (exact) mass is 499 g/mol. The van der Waals surface area contributed by atoms with Crippen molar-refractivity contribution in [3.63, 3.8) is 0 Å². The van der Waals surface area contributed by atoms with Crippen LogP contribution in [0, 0.1) is 6.92 Å². The number of hydrogen-bond donors (Lipinski definition) is 1. The molecule has 0 saturated heterocycles. The summed E-state index contributed by atoms with van der Waals surface area (Å²) in [5, 5.41) is 1.95. The molecule has 0 unspecified atom stereocenters. The zero-order valence-electron chi connectivity index (χ0n) is 18.8. The molecule has 0 atom stereocenters. The van der Waals surface area contributed by atoms with Crippen LogP contribution in [0.2, 0.25) is 0 Å². The minimum absolute atomic E-state index is 0.0717. The van der Waals surface area contributed by atoms with E-state index in [4.69, 9.17) is 0 Å². The lowest BCUT2D eigenvalue weighted by Gasteiger charge is -2.20. The van der Waals surface area contributed by atoms with Gasteiger partial charge in [-0.25, -0.2) is 0 Å². The molecule has 0 radical (unpaired) electrons. The first-order valence-electron chi connectivity index (χ1n) is 10.8. The molecule has 1 amide bonds. The van der Waals surface area contributed by atoms with E-state index in [0.29, 0.717) is 38.9 Å². The van der Waals surface area contributed by atoms with Gasteiger partial charge in [0.05, 0.1) is 5.56 Å². The van der Waals surface area contributed by atoms with Crippen molar-refractivity contribution in [2.75, 3.05) is 5.32 Å². The van der Waals surface area contributed by atoms with Crippen LogP contribution in [0.5, 0.6) is 0 Å². The van der Waals surface area contributed by atoms with Crippen molar-refractivity contribution in [2.24, 2.45) is 0 Å². The molecule has 0 aliphatic carbocycles. The molecule has 4 aromatic carbocycles. The van der Waals surface area contributed by atoms with Gasteiger partial charge in [-0.05, 0) is 58.5 Å². The van der Waals surface area contributed by atoms with Crippen molar-refractivity contribution in [1.82, 2.24) is 0 Å². The summed E-state index contributed by atoms with van der Waals surface area (Å²) in [6, 6.07) is 23.1. The van der Waals surface area contributed by atoms with Gasteiger partial charge in [0.15, 0.2) is 0 Å². The standard InChI is InChI=1S/C28H19F6NO/c1-17-8-5-13-21(24(17)19-11-6-12-20(16-19)27(29,30)31)22-14-7-15-23(35-26(36)28(32,33)34)25(22)18-9-3-2-4-10-18/h2-16H,1H3,(H,35,36). The summed E-state index contributed by atoms with van der Waals surface area (Å²) < 4.78 is 79.5. The first kappa shape index (κ1) is 25.0. The van der Waals surface area contributed by atoms with Gasteiger partial charge >= 0.3 is 18.3 Å². The van der Waals surface area contributed by atoms with Crippen molar-refractivity contribution in [3.05, 3.63) is 102 Å². The number of benzene rings is 4. The summed E-state index contributed by atoms with van der Waals surface area (Å²) >= 11 is 0. The topological polar surface area (TPSA) is 29.1 Å². The molecular weight excluding hydrogens is 480 g/mol. The molecule has 36 heavy (non-hydrogen) atoms. The Balaban J connectivity index is 1.99. The maximum absolute atomic E-state index is 13.4. The van der Waals surface area contributed by atoms with E-state index < -0.39 is 23.8 Å². The van der Waals surface area contributed by atoms with Crippen molar-refractivity contribution in [1.29, 1.82) is 0 Å². The van der Waals surface area contributed by atoms with Crippen LogP contribution in [-0.2, 0) is 11.0 Å². The number of anilines is 1. The molecule has 0 saturated carbocycles. The zero-order chi connectivity index (χ0) is 26.1. The SMILES string of the molecule is Cc1cccc(-c2cccc(NC(=O)C(F)(F)F)c2-c2ccccc2)c1-c1cccc(C(F)(F)F)c1. The first-order valence-corrected chi connectivity index (χ1v) is 10.8. The lowest BCUT2D eigenvalue weighted by atomic mass is 9.86. The third kappa shape index (κ3) is 5.12.